The van der Waals surface area contributed by atoms with Crippen molar-refractivity contribution >= 4 is 5.78 Å². The van der Waals surface area contributed by atoms with Crippen molar-refractivity contribution in [1.82, 2.24) is 0 Å². The summed E-state index contributed by atoms with van der Waals surface area (Å²) in [6.07, 6.45) is 3.17. The maximum atomic E-state index is 12.6. The zero-order valence-electron chi connectivity index (χ0n) is 7.96. The topological polar surface area (TPSA) is 17.1 Å². The number of ketones is 1. The van der Waals surface area contributed by atoms with Crippen LogP contribution in [0.15, 0.2) is 48.6 Å². The lowest BCUT2D eigenvalue weighted by molar-refractivity contribution is 0.103. The quantitative estimate of drug-likeness (QED) is 0.406. The minimum absolute atomic E-state index is 0.137. The van der Waals surface area contributed by atoms with Gasteiger partial charge in [0.15, 0.2) is 5.78 Å². The molecule has 72 valence electrons. The van der Waals surface area contributed by atoms with Gasteiger partial charge >= 0.3 is 0 Å². The second-order valence-electron chi connectivity index (χ2n) is 2.78. The number of allylic oxidation sites excluding steroid dienone is 3. The Labute approximate surface area is 82.6 Å². The van der Waals surface area contributed by atoms with E-state index in [9.17, 15) is 9.18 Å². The van der Waals surface area contributed by atoms with E-state index in [0.717, 1.165) is 0 Å². The van der Waals surface area contributed by atoms with Gasteiger partial charge in [0.2, 0.25) is 0 Å². The first-order chi connectivity index (χ1) is 6.69. The molecule has 1 aromatic rings. The molecular formula is C12H11FO. The van der Waals surface area contributed by atoms with Crippen LogP contribution in [0.1, 0.15) is 17.3 Å². The summed E-state index contributed by atoms with van der Waals surface area (Å²) in [5, 5.41) is 0. The van der Waals surface area contributed by atoms with Gasteiger partial charge in [0.1, 0.15) is 5.82 Å². The lowest BCUT2D eigenvalue weighted by atomic mass is 10.0. The van der Waals surface area contributed by atoms with Crippen molar-refractivity contribution in [2.75, 3.05) is 0 Å². The fourth-order valence-corrected chi connectivity index (χ4v) is 1.11. The minimum Gasteiger partial charge on any atom is -0.289 e. The Bertz CT molecular complexity index is 374. The van der Waals surface area contributed by atoms with Crippen molar-refractivity contribution in [1.29, 1.82) is 0 Å². The number of carbonyl (C=O) groups excluding carboxylic acids is 1. The Morgan fingerprint density at radius 1 is 1.36 bits per heavy atom. The average molecular weight is 190 g/mol. The molecule has 0 spiro atoms. The van der Waals surface area contributed by atoms with Crippen molar-refractivity contribution in [3.05, 3.63) is 60.0 Å². The molecule has 0 saturated carbocycles. The van der Waals surface area contributed by atoms with Gasteiger partial charge < -0.3 is 0 Å². The van der Waals surface area contributed by atoms with E-state index in [1.165, 1.54) is 30.3 Å². The van der Waals surface area contributed by atoms with Gasteiger partial charge in [-0.05, 0) is 31.2 Å². The molecule has 0 radical (unpaired) electrons. The summed E-state index contributed by atoms with van der Waals surface area (Å²) in [5.41, 5.74) is 0.996. The minimum atomic E-state index is -0.345. The highest BCUT2D eigenvalue weighted by Crippen LogP contribution is 2.10. The smallest absolute Gasteiger partial charge is 0.192 e. The summed E-state index contributed by atoms with van der Waals surface area (Å²) in [7, 11) is 0. The Morgan fingerprint density at radius 2 is 1.93 bits per heavy atom. The predicted octanol–water partition coefficient (Wildman–Crippen LogP) is 3.14. The van der Waals surface area contributed by atoms with Crippen LogP contribution in [0.5, 0.6) is 0 Å². The molecule has 0 aliphatic carbocycles. The monoisotopic (exact) mass is 190 g/mol. The second kappa shape index (κ2) is 4.51. The van der Waals surface area contributed by atoms with E-state index in [2.05, 4.69) is 6.58 Å². The first-order valence-electron chi connectivity index (χ1n) is 4.28. The summed E-state index contributed by atoms with van der Waals surface area (Å²) in [6, 6.07) is 5.46. The van der Waals surface area contributed by atoms with Crippen molar-refractivity contribution in [2.45, 2.75) is 6.92 Å². The summed E-state index contributed by atoms with van der Waals surface area (Å²) in [5.74, 6) is -0.482. The van der Waals surface area contributed by atoms with Crippen molar-refractivity contribution in [3.8, 4) is 0 Å². The molecule has 0 saturated heterocycles. The fourth-order valence-electron chi connectivity index (χ4n) is 1.11. The maximum absolute atomic E-state index is 12.6. The van der Waals surface area contributed by atoms with Gasteiger partial charge in [-0.3, -0.25) is 4.79 Å². The highest BCUT2D eigenvalue weighted by atomic mass is 19.1. The number of hydrogen-bond donors (Lipinski definition) is 0. The molecule has 14 heavy (non-hydrogen) atoms. The molecular weight excluding hydrogens is 179 g/mol. The summed E-state index contributed by atoms with van der Waals surface area (Å²) < 4.78 is 12.6. The van der Waals surface area contributed by atoms with Crippen molar-refractivity contribution in [2.24, 2.45) is 0 Å². The van der Waals surface area contributed by atoms with E-state index in [0.29, 0.717) is 11.1 Å². The molecule has 0 aromatic heterocycles. The van der Waals surface area contributed by atoms with Gasteiger partial charge in [-0.1, -0.05) is 18.7 Å². The zero-order valence-corrected chi connectivity index (χ0v) is 7.96. The molecule has 0 fully saturated rings. The molecule has 0 bridgehead atoms. The van der Waals surface area contributed by atoms with Gasteiger partial charge in [-0.15, -0.1) is 0 Å². The molecule has 0 unspecified atom stereocenters. The Hall–Kier alpha value is -1.70. The molecule has 0 atom stereocenters. The Balaban J connectivity index is 3.01. The van der Waals surface area contributed by atoms with Crippen LogP contribution in [0.2, 0.25) is 0 Å². The molecule has 1 rings (SSSR count). The van der Waals surface area contributed by atoms with E-state index >= 15 is 0 Å². The SMILES string of the molecule is C=C/C(=C\C)C(=O)c1ccc(F)cc1. The molecule has 0 N–H and O–H groups in total. The van der Waals surface area contributed by atoms with Crippen LogP contribution in [-0.4, -0.2) is 5.78 Å². The maximum Gasteiger partial charge on any atom is 0.192 e. The summed E-state index contributed by atoms with van der Waals surface area (Å²) in [6.45, 7) is 5.30. The van der Waals surface area contributed by atoms with Crippen molar-refractivity contribution < 1.29 is 9.18 Å². The number of carbonyl (C=O) groups is 1. The average Bonchev–Trinajstić information content (AvgIpc) is 2.20. The highest BCUT2D eigenvalue weighted by Gasteiger charge is 2.07. The van der Waals surface area contributed by atoms with E-state index in [1.54, 1.807) is 13.0 Å². The first-order valence-corrected chi connectivity index (χ1v) is 4.28. The van der Waals surface area contributed by atoms with Crippen LogP contribution in [0.4, 0.5) is 4.39 Å². The van der Waals surface area contributed by atoms with Gasteiger partial charge in [-0.25, -0.2) is 4.39 Å². The molecule has 0 heterocycles. The third-order valence-electron chi connectivity index (χ3n) is 1.90. The Kier molecular flexibility index (Phi) is 3.35. The third-order valence-corrected chi connectivity index (χ3v) is 1.90. The van der Waals surface area contributed by atoms with Gasteiger partial charge in [-0.2, -0.15) is 0 Å². The lowest BCUT2D eigenvalue weighted by Crippen LogP contribution is -2.00. The fraction of sp³-hybridized carbons (Fsp3) is 0.0833. The van der Waals surface area contributed by atoms with E-state index in [4.69, 9.17) is 0 Å². The Morgan fingerprint density at radius 3 is 2.36 bits per heavy atom. The molecule has 1 aromatic carbocycles. The van der Waals surface area contributed by atoms with Crippen LogP contribution in [0.3, 0.4) is 0 Å². The number of hydrogen-bond acceptors (Lipinski definition) is 1. The van der Waals surface area contributed by atoms with Crippen molar-refractivity contribution in [3.63, 3.8) is 0 Å². The highest BCUT2D eigenvalue weighted by molar-refractivity contribution is 6.10. The molecule has 0 aliphatic rings. The summed E-state index contributed by atoms with van der Waals surface area (Å²) >= 11 is 0. The molecule has 2 heteroatoms. The largest absolute Gasteiger partial charge is 0.289 e. The van der Waals surface area contributed by atoms with Gasteiger partial charge in [0.05, 0.1) is 0 Å². The van der Waals surface area contributed by atoms with Crippen LogP contribution in [0, 0.1) is 5.82 Å². The van der Waals surface area contributed by atoms with Gasteiger partial charge in [0.25, 0.3) is 0 Å². The van der Waals surface area contributed by atoms with E-state index in [-0.39, 0.29) is 11.6 Å². The van der Waals surface area contributed by atoms with Crippen LogP contribution in [-0.2, 0) is 0 Å². The summed E-state index contributed by atoms with van der Waals surface area (Å²) in [4.78, 5) is 11.7. The number of Topliss-reactive ketones (excluding diaryl/α,β-unsaturated/α-hetero) is 1. The van der Waals surface area contributed by atoms with Crippen LogP contribution < -0.4 is 0 Å². The van der Waals surface area contributed by atoms with Gasteiger partial charge in [0, 0.05) is 11.1 Å². The normalized spacial score (nSPS) is 11.1. The van der Waals surface area contributed by atoms with Crippen LogP contribution >= 0.6 is 0 Å². The first kappa shape index (κ1) is 10.4. The lowest BCUT2D eigenvalue weighted by Gasteiger charge is -2.00. The van der Waals surface area contributed by atoms with E-state index in [1.807, 2.05) is 0 Å². The van der Waals surface area contributed by atoms with Crippen LogP contribution in [0.25, 0.3) is 0 Å². The standard InChI is InChI=1S/C12H11FO/c1-3-9(4-2)12(14)10-5-7-11(13)8-6-10/h3-8H,1H2,2H3/b9-4+. The van der Waals surface area contributed by atoms with E-state index < -0.39 is 0 Å². The number of halogens is 1. The number of benzene rings is 1. The third kappa shape index (κ3) is 2.16. The second-order valence-corrected chi connectivity index (χ2v) is 2.78. The number of rotatable bonds is 3. The molecule has 0 aliphatic heterocycles. The molecule has 0 amide bonds. The predicted molar refractivity (Wildman–Crippen MR) is 54.7 cm³/mol. The zero-order chi connectivity index (χ0) is 10.6. The molecule has 1 nitrogen and oxygen atoms in total.